The number of hydrogen-bond donors (Lipinski definition) is 2. The molecule has 1 saturated heterocycles. The minimum Gasteiger partial charge on any atom is -0.390 e. The van der Waals surface area contributed by atoms with Gasteiger partial charge in [0.05, 0.1) is 17.6 Å². The van der Waals surface area contributed by atoms with E-state index < -0.39 is 11.5 Å². The molecule has 2 N–H and O–H groups in total. The van der Waals surface area contributed by atoms with Gasteiger partial charge in [-0.1, -0.05) is 13.8 Å². The van der Waals surface area contributed by atoms with Crippen LogP contribution >= 0.6 is 0 Å². The Morgan fingerprint density at radius 3 is 2.17 bits per heavy atom. The fourth-order valence-electron chi connectivity index (χ4n) is 1.53. The Hall–Kier alpha value is -0.570. The molecule has 1 rings (SSSR count). The first kappa shape index (κ1) is 9.52. The van der Waals surface area contributed by atoms with Gasteiger partial charge in [0.15, 0.2) is 0 Å². The Labute approximate surface area is 73.2 Å². The maximum atomic E-state index is 11.4. The SMILES string of the molecule is CC(C)C1NC(=O)C(C)(C)[C@@H]1O. The molecule has 0 spiro atoms. The number of amides is 1. The molecule has 0 radical (unpaired) electrons. The van der Waals surface area contributed by atoms with Gasteiger partial charge in [0.2, 0.25) is 5.91 Å². The third kappa shape index (κ3) is 1.22. The van der Waals surface area contributed by atoms with Crippen molar-refractivity contribution in [2.75, 3.05) is 0 Å². The van der Waals surface area contributed by atoms with Gasteiger partial charge in [-0.3, -0.25) is 4.79 Å². The molecule has 0 saturated carbocycles. The lowest BCUT2D eigenvalue weighted by atomic mass is 9.84. The van der Waals surface area contributed by atoms with Crippen molar-refractivity contribution in [2.45, 2.75) is 39.8 Å². The predicted molar refractivity (Wildman–Crippen MR) is 46.6 cm³/mol. The molecule has 1 unspecified atom stereocenters. The fraction of sp³-hybridized carbons (Fsp3) is 0.889. The van der Waals surface area contributed by atoms with E-state index in [9.17, 15) is 9.90 Å². The summed E-state index contributed by atoms with van der Waals surface area (Å²) in [6.45, 7) is 7.54. The first-order valence-electron chi connectivity index (χ1n) is 4.36. The van der Waals surface area contributed by atoms with Crippen molar-refractivity contribution in [1.82, 2.24) is 5.32 Å². The van der Waals surface area contributed by atoms with Gasteiger partial charge in [-0.2, -0.15) is 0 Å². The second kappa shape index (κ2) is 2.73. The summed E-state index contributed by atoms with van der Waals surface area (Å²) in [5, 5.41) is 12.6. The van der Waals surface area contributed by atoms with Gasteiger partial charge in [0.25, 0.3) is 0 Å². The minimum absolute atomic E-state index is 0.0475. The predicted octanol–water partition coefficient (Wildman–Crippen LogP) is 0.528. The first-order chi connectivity index (χ1) is 5.37. The quantitative estimate of drug-likeness (QED) is 0.604. The number of carbonyl (C=O) groups excluding carboxylic acids is 1. The molecule has 3 heteroatoms. The lowest BCUT2D eigenvalue weighted by Crippen LogP contribution is -2.38. The van der Waals surface area contributed by atoms with Gasteiger partial charge in [-0.15, -0.1) is 0 Å². The van der Waals surface area contributed by atoms with E-state index in [1.165, 1.54) is 0 Å². The molecule has 0 aromatic heterocycles. The van der Waals surface area contributed by atoms with Gasteiger partial charge in [0, 0.05) is 0 Å². The van der Waals surface area contributed by atoms with Gasteiger partial charge in [0.1, 0.15) is 0 Å². The van der Waals surface area contributed by atoms with Crippen molar-refractivity contribution in [1.29, 1.82) is 0 Å². The summed E-state index contributed by atoms with van der Waals surface area (Å²) >= 11 is 0. The van der Waals surface area contributed by atoms with E-state index in [1.807, 2.05) is 13.8 Å². The number of hydrogen-bond acceptors (Lipinski definition) is 2. The van der Waals surface area contributed by atoms with Crippen molar-refractivity contribution in [3.05, 3.63) is 0 Å². The Bertz CT molecular complexity index is 199. The fourth-order valence-corrected chi connectivity index (χ4v) is 1.53. The van der Waals surface area contributed by atoms with Crippen LogP contribution in [0.25, 0.3) is 0 Å². The van der Waals surface area contributed by atoms with E-state index in [-0.39, 0.29) is 17.9 Å². The van der Waals surface area contributed by atoms with Crippen molar-refractivity contribution in [2.24, 2.45) is 11.3 Å². The molecular formula is C9H17NO2. The smallest absolute Gasteiger partial charge is 0.228 e. The first-order valence-corrected chi connectivity index (χ1v) is 4.36. The lowest BCUT2D eigenvalue weighted by molar-refractivity contribution is -0.128. The molecule has 1 fully saturated rings. The summed E-state index contributed by atoms with van der Waals surface area (Å²) in [7, 11) is 0. The van der Waals surface area contributed by atoms with Crippen LogP contribution in [-0.4, -0.2) is 23.2 Å². The molecule has 2 atom stereocenters. The third-order valence-electron chi connectivity index (χ3n) is 2.68. The Kier molecular flexibility index (Phi) is 2.17. The molecule has 0 aliphatic carbocycles. The van der Waals surface area contributed by atoms with E-state index in [0.29, 0.717) is 0 Å². The Morgan fingerprint density at radius 1 is 1.50 bits per heavy atom. The maximum absolute atomic E-state index is 11.4. The highest BCUT2D eigenvalue weighted by Gasteiger charge is 2.48. The van der Waals surface area contributed by atoms with Gasteiger partial charge in [-0.05, 0) is 19.8 Å². The lowest BCUT2D eigenvalue weighted by Gasteiger charge is -2.23. The van der Waals surface area contributed by atoms with Crippen LogP contribution in [0, 0.1) is 11.3 Å². The average Bonchev–Trinajstić information content (AvgIpc) is 2.13. The van der Waals surface area contributed by atoms with Crippen molar-refractivity contribution < 1.29 is 9.90 Å². The zero-order chi connectivity index (χ0) is 9.52. The molecule has 1 amide bonds. The molecule has 70 valence electrons. The number of rotatable bonds is 1. The topological polar surface area (TPSA) is 49.3 Å². The molecule has 3 nitrogen and oxygen atoms in total. The molecule has 0 bridgehead atoms. The molecule has 1 aliphatic rings. The average molecular weight is 171 g/mol. The van der Waals surface area contributed by atoms with Crippen LogP contribution in [-0.2, 0) is 4.79 Å². The van der Waals surface area contributed by atoms with E-state index in [2.05, 4.69) is 5.32 Å². The Morgan fingerprint density at radius 2 is 2.00 bits per heavy atom. The Balaban J connectivity index is 2.83. The van der Waals surface area contributed by atoms with Crippen molar-refractivity contribution in [3.63, 3.8) is 0 Å². The molecular weight excluding hydrogens is 154 g/mol. The summed E-state index contributed by atoms with van der Waals surface area (Å²) in [4.78, 5) is 11.4. The van der Waals surface area contributed by atoms with Gasteiger partial charge >= 0.3 is 0 Å². The largest absolute Gasteiger partial charge is 0.390 e. The van der Waals surface area contributed by atoms with E-state index >= 15 is 0 Å². The summed E-state index contributed by atoms with van der Waals surface area (Å²) in [6.07, 6.45) is -0.565. The summed E-state index contributed by atoms with van der Waals surface area (Å²) in [5.41, 5.74) is -0.630. The summed E-state index contributed by atoms with van der Waals surface area (Å²) < 4.78 is 0. The number of aliphatic hydroxyl groups excluding tert-OH is 1. The highest BCUT2D eigenvalue weighted by atomic mass is 16.3. The van der Waals surface area contributed by atoms with Crippen LogP contribution in [0.5, 0.6) is 0 Å². The van der Waals surface area contributed by atoms with Crippen molar-refractivity contribution in [3.8, 4) is 0 Å². The van der Waals surface area contributed by atoms with Crippen molar-refractivity contribution >= 4 is 5.91 Å². The second-order valence-electron chi connectivity index (χ2n) is 4.41. The van der Waals surface area contributed by atoms with Crippen LogP contribution in [0.2, 0.25) is 0 Å². The molecule has 1 heterocycles. The monoisotopic (exact) mass is 171 g/mol. The number of carbonyl (C=O) groups is 1. The van der Waals surface area contributed by atoms with Crippen LogP contribution in [0.1, 0.15) is 27.7 Å². The van der Waals surface area contributed by atoms with Crippen LogP contribution in [0.3, 0.4) is 0 Å². The molecule has 0 aromatic carbocycles. The number of aliphatic hydroxyl groups is 1. The third-order valence-corrected chi connectivity index (χ3v) is 2.68. The minimum atomic E-state index is -0.630. The van der Waals surface area contributed by atoms with Crippen LogP contribution in [0.4, 0.5) is 0 Å². The van der Waals surface area contributed by atoms with Crippen LogP contribution in [0.15, 0.2) is 0 Å². The van der Waals surface area contributed by atoms with E-state index in [1.54, 1.807) is 13.8 Å². The zero-order valence-corrected chi connectivity index (χ0v) is 8.09. The molecule has 12 heavy (non-hydrogen) atoms. The molecule has 1 aliphatic heterocycles. The highest BCUT2D eigenvalue weighted by molar-refractivity contribution is 5.85. The normalized spacial score (nSPS) is 34.0. The van der Waals surface area contributed by atoms with E-state index in [4.69, 9.17) is 0 Å². The second-order valence-corrected chi connectivity index (χ2v) is 4.41. The summed E-state index contributed by atoms with van der Waals surface area (Å²) in [5.74, 6) is 0.236. The maximum Gasteiger partial charge on any atom is 0.228 e. The highest BCUT2D eigenvalue weighted by Crippen LogP contribution is 2.31. The zero-order valence-electron chi connectivity index (χ0n) is 8.09. The van der Waals surface area contributed by atoms with Gasteiger partial charge in [-0.25, -0.2) is 0 Å². The van der Waals surface area contributed by atoms with Gasteiger partial charge < -0.3 is 10.4 Å². The van der Waals surface area contributed by atoms with E-state index in [0.717, 1.165) is 0 Å². The number of nitrogens with one attached hydrogen (secondary N) is 1. The van der Waals surface area contributed by atoms with Crippen LogP contribution < -0.4 is 5.32 Å². The molecule has 0 aromatic rings. The standard InChI is InChI=1S/C9H17NO2/c1-5(2)6-7(11)9(3,4)8(12)10-6/h5-7,11H,1-4H3,(H,10,12)/t6?,7-/m1/s1. The summed E-state index contributed by atoms with van der Waals surface area (Å²) in [6, 6.07) is -0.0903.